The van der Waals surface area contributed by atoms with Crippen LogP contribution in [0.5, 0.6) is 0 Å². The maximum Gasteiger partial charge on any atom is 0.417 e. The summed E-state index contributed by atoms with van der Waals surface area (Å²) in [4.78, 5) is 12.0. The fraction of sp³-hybridized carbons (Fsp3) is 0.333. The zero-order valence-electron chi connectivity index (χ0n) is 12.8. The second kappa shape index (κ2) is 7.55. The van der Waals surface area contributed by atoms with Gasteiger partial charge in [0.05, 0.1) is 22.7 Å². The largest absolute Gasteiger partial charge is 0.417 e. The van der Waals surface area contributed by atoms with Crippen molar-refractivity contribution in [2.45, 2.75) is 25.6 Å². The molecule has 1 aromatic carbocycles. The molecule has 5 nitrogen and oxygen atoms in total. The molecule has 24 heavy (non-hydrogen) atoms. The topological polar surface area (TPSA) is 85.2 Å². The first-order valence-electron chi connectivity index (χ1n) is 6.67. The van der Waals surface area contributed by atoms with Crippen molar-refractivity contribution >= 4 is 23.2 Å². The van der Waals surface area contributed by atoms with Gasteiger partial charge in [-0.2, -0.15) is 18.4 Å². The first kappa shape index (κ1) is 19.8. The average Bonchev–Trinajstić information content (AvgIpc) is 2.48. The number of anilines is 1. The number of amides is 1. The summed E-state index contributed by atoms with van der Waals surface area (Å²) in [6.07, 6.45) is -3.58. The number of carbonyl (C=O) groups is 1. The molecule has 0 aliphatic carbocycles. The summed E-state index contributed by atoms with van der Waals surface area (Å²) in [7, 11) is 0. The molecule has 0 aromatic heterocycles. The van der Waals surface area contributed by atoms with E-state index in [4.69, 9.17) is 22.0 Å². The van der Waals surface area contributed by atoms with E-state index in [2.05, 4.69) is 10.6 Å². The Bertz CT molecular complexity index is 694. The second-order valence-corrected chi connectivity index (χ2v) is 5.91. The first-order chi connectivity index (χ1) is 11.0. The molecule has 0 aliphatic heterocycles. The van der Waals surface area contributed by atoms with Crippen molar-refractivity contribution in [3.05, 3.63) is 40.6 Å². The van der Waals surface area contributed by atoms with Gasteiger partial charge in [0.25, 0.3) is 5.91 Å². The number of hydrogen-bond acceptors (Lipinski definition) is 4. The first-order valence-corrected chi connectivity index (χ1v) is 7.05. The number of nitriles is 1. The minimum Gasteiger partial charge on any atom is -0.394 e. The molecule has 3 N–H and O–H groups in total. The Hall–Kier alpha value is -2.24. The van der Waals surface area contributed by atoms with E-state index >= 15 is 0 Å². The molecule has 0 unspecified atom stereocenters. The molecule has 1 aromatic rings. The third-order valence-corrected chi connectivity index (χ3v) is 3.23. The van der Waals surface area contributed by atoms with Gasteiger partial charge < -0.3 is 15.7 Å². The Morgan fingerprint density at radius 3 is 2.54 bits per heavy atom. The van der Waals surface area contributed by atoms with Crippen molar-refractivity contribution in [3.8, 4) is 6.07 Å². The van der Waals surface area contributed by atoms with Gasteiger partial charge in [0.1, 0.15) is 11.6 Å². The summed E-state index contributed by atoms with van der Waals surface area (Å²) in [6, 6.07) is 4.51. The third kappa shape index (κ3) is 5.44. The lowest BCUT2D eigenvalue weighted by Crippen LogP contribution is -2.39. The van der Waals surface area contributed by atoms with Crippen molar-refractivity contribution < 1.29 is 23.1 Å². The van der Waals surface area contributed by atoms with E-state index in [1.54, 1.807) is 19.9 Å². The predicted molar refractivity (Wildman–Crippen MR) is 83.1 cm³/mol. The molecular weight excluding hydrogens is 347 g/mol. The van der Waals surface area contributed by atoms with E-state index in [-0.39, 0.29) is 17.9 Å². The number of carbonyl (C=O) groups excluding carboxylic acids is 1. The van der Waals surface area contributed by atoms with Crippen LogP contribution in [0.1, 0.15) is 19.4 Å². The van der Waals surface area contributed by atoms with Crippen molar-refractivity contribution in [3.63, 3.8) is 0 Å². The summed E-state index contributed by atoms with van der Waals surface area (Å²) in [6.45, 7) is 3.01. The van der Waals surface area contributed by atoms with E-state index in [1.807, 2.05) is 0 Å². The lowest BCUT2D eigenvalue weighted by molar-refractivity contribution is -0.137. The summed E-state index contributed by atoms with van der Waals surface area (Å²) in [5.74, 6) is -0.894. The molecule has 1 rings (SSSR count). The lowest BCUT2D eigenvalue weighted by atomic mass is 10.1. The maximum absolute atomic E-state index is 12.8. The number of aliphatic hydroxyl groups excluding tert-OH is 1. The molecule has 0 heterocycles. The van der Waals surface area contributed by atoms with Crippen molar-refractivity contribution in [2.24, 2.45) is 0 Å². The molecule has 0 aliphatic rings. The molecule has 0 atom stereocenters. The van der Waals surface area contributed by atoms with Crippen LogP contribution in [0.2, 0.25) is 5.02 Å². The summed E-state index contributed by atoms with van der Waals surface area (Å²) in [5, 5.41) is 22.5. The highest BCUT2D eigenvalue weighted by Crippen LogP contribution is 2.36. The number of nitrogens with zero attached hydrogens (tertiary/aromatic N) is 1. The highest BCUT2D eigenvalue weighted by atomic mass is 35.5. The Morgan fingerprint density at radius 2 is 2.04 bits per heavy atom. The number of halogens is 4. The number of nitrogens with one attached hydrogen (secondary N) is 2. The molecular formula is C15H15ClF3N3O2. The summed E-state index contributed by atoms with van der Waals surface area (Å²) >= 11 is 5.49. The standard InChI is InChI=1S/C15H15ClF3N3O2/c1-14(2,8-23)21-7-9(6-20)13(24)22-10-3-4-12(16)11(5-10)15(17,18)19/h3-5,7,21,23H,8H2,1-2H3,(H,22,24)/b9-7-. The highest BCUT2D eigenvalue weighted by molar-refractivity contribution is 6.31. The second-order valence-electron chi connectivity index (χ2n) is 5.50. The van der Waals surface area contributed by atoms with E-state index in [1.165, 1.54) is 6.07 Å². The van der Waals surface area contributed by atoms with Crippen LogP contribution in [-0.4, -0.2) is 23.2 Å². The van der Waals surface area contributed by atoms with Gasteiger partial charge in [0.15, 0.2) is 0 Å². The summed E-state index contributed by atoms with van der Waals surface area (Å²) < 4.78 is 38.4. The van der Waals surface area contributed by atoms with Crippen molar-refractivity contribution in [1.82, 2.24) is 5.32 Å². The molecule has 0 fully saturated rings. The van der Waals surface area contributed by atoms with E-state index in [9.17, 15) is 18.0 Å². The normalized spacial score (nSPS) is 12.5. The fourth-order valence-corrected chi connectivity index (χ4v) is 1.71. The maximum atomic E-state index is 12.8. The third-order valence-electron chi connectivity index (χ3n) is 2.90. The van der Waals surface area contributed by atoms with Gasteiger partial charge in [-0.15, -0.1) is 0 Å². The molecule has 0 radical (unpaired) electrons. The van der Waals surface area contributed by atoms with Crippen LogP contribution in [0.3, 0.4) is 0 Å². The molecule has 9 heteroatoms. The predicted octanol–water partition coefficient (Wildman–Crippen LogP) is 3.07. The van der Waals surface area contributed by atoms with E-state index in [0.717, 1.165) is 12.3 Å². The average molecular weight is 362 g/mol. The summed E-state index contributed by atoms with van der Waals surface area (Å²) in [5.41, 5.74) is -2.38. The van der Waals surface area contributed by atoms with Crippen molar-refractivity contribution in [2.75, 3.05) is 11.9 Å². The lowest BCUT2D eigenvalue weighted by Gasteiger charge is -2.22. The van der Waals surface area contributed by atoms with Gasteiger partial charge in [-0.3, -0.25) is 4.79 Å². The minimum atomic E-state index is -4.67. The zero-order valence-corrected chi connectivity index (χ0v) is 13.6. The zero-order chi connectivity index (χ0) is 18.5. The van der Waals surface area contributed by atoms with E-state index in [0.29, 0.717) is 6.07 Å². The van der Waals surface area contributed by atoms with Crippen LogP contribution in [0.15, 0.2) is 30.0 Å². The van der Waals surface area contributed by atoms with Crippen LogP contribution in [0.25, 0.3) is 0 Å². The van der Waals surface area contributed by atoms with Gasteiger partial charge in [0, 0.05) is 11.9 Å². The molecule has 0 saturated heterocycles. The number of rotatable bonds is 5. The van der Waals surface area contributed by atoms with Gasteiger partial charge in [0.2, 0.25) is 0 Å². The Morgan fingerprint density at radius 1 is 1.42 bits per heavy atom. The van der Waals surface area contributed by atoms with Crippen LogP contribution in [0.4, 0.5) is 18.9 Å². The smallest absolute Gasteiger partial charge is 0.394 e. The van der Waals surface area contributed by atoms with Gasteiger partial charge in [-0.1, -0.05) is 11.6 Å². The molecule has 0 saturated carbocycles. The number of alkyl halides is 3. The number of aliphatic hydroxyl groups is 1. The van der Waals surface area contributed by atoms with Crippen LogP contribution in [0, 0.1) is 11.3 Å². The van der Waals surface area contributed by atoms with Gasteiger partial charge in [-0.25, -0.2) is 0 Å². The Labute approximate surface area is 141 Å². The minimum absolute atomic E-state index is 0.153. The van der Waals surface area contributed by atoms with Crippen LogP contribution in [-0.2, 0) is 11.0 Å². The molecule has 0 spiro atoms. The highest BCUT2D eigenvalue weighted by Gasteiger charge is 2.33. The monoisotopic (exact) mass is 361 g/mol. The molecule has 0 bridgehead atoms. The number of hydrogen-bond donors (Lipinski definition) is 3. The Kier molecular flexibility index (Phi) is 6.23. The van der Waals surface area contributed by atoms with Crippen LogP contribution >= 0.6 is 11.6 Å². The van der Waals surface area contributed by atoms with Crippen LogP contribution < -0.4 is 10.6 Å². The van der Waals surface area contributed by atoms with Gasteiger partial charge >= 0.3 is 6.18 Å². The van der Waals surface area contributed by atoms with E-state index < -0.39 is 28.2 Å². The quantitative estimate of drug-likeness (QED) is 0.556. The fourth-order valence-electron chi connectivity index (χ4n) is 1.48. The number of benzene rings is 1. The molecule has 130 valence electrons. The van der Waals surface area contributed by atoms with Gasteiger partial charge in [-0.05, 0) is 32.0 Å². The van der Waals surface area contributed by atoms with Crippen molar-refractivity contribution in [1.29, 1.82) is 5.26 Å². The molecule has 1 amide bonds. The Balaban J connectivity index is 2.98. The SMILES string of the molecule is CC(C)(CO)N/C=C(/C#N)C(=O)Nc1ccc(Cl)c(C(F)(F)F)c1.